The Balaban J connectivity index is 2.07. The van der Waals surface area contributed by atoms with Gasteiger partial charge in [-0.1, -0.05) is 25.2 Å². The number of aliphatic hydroxyl groups excluding tert-OH is 1. The van der Waals surface area contributed by atoms with Crippen LogP contribution in [0.25, 0.3) is 0 Å². The van der Waals surface area contributed by atoms with Crippen LogP contribution in [0.4, 0.5) is 0 Å². The number of carbonyl (C=O) groups excluding carboxylic acids is 3. The Kier molecular flexibility index (Phi) is 5.72. The van der Waals surface area contributed by atoms with E-state index in [2.05, 4.69) is 6.58 Å². The van der Waals surface area contributed by atoms with Crippen molar-refractivity contribution < 1.29 is 33.7 Å². The molecule has 1 heterocycles. The average Bonchev–Trinajstić information content (AvgIpc) is 2.93. The highest BCUT2D eigenvalue weighted by Gasteiger charge is 2.64. The molecule has 0 unspecified atom stereocenters. The van der Waals surface area contributed by atoms with Crippen LogP contribution in [-0.2, 0) is 28.6 Å². The molecule has 1 saturated heterocycles. The van der Waals surface area contributed by atoms with Gasteiger partial charge >= 0.3 is 17.9 Å². The second-order valence-electron chi connectivity index (χ2n) is 8.33. The molecular formula is C22H28O7. The van der Waals surface area contributed by atoms with Gasteiger partial charge < -0.3 is 19.3 Å². The van der Waals surface area contributed by atoms with Crippen molar-refractivity contribution in [1.29, 1.82) is 0 Å². The quantitative estimate of drug-likeness (QED) is 0.332. The van der Waals surface area contributed by atoms with E-state index in [1.807, 2.05) is 19.9 Å². The van der Waals surface area contributed by atoms with E-state index >= 15 is 0 Å². The number of esters is 3. The van der Waals surface area contributed by atoms with E-state index in [9.17, 15) is 14.4 Å². The lowest BCUT2D eigenvalue weighted by Crippen LogP contribution is -2.62. The smallest absolute Gasteiger partial charge is 0.334 e. The van der Waals surface area contributed by atoms with Gasteiger partial charge in [-0.05, 0) is 32.3 Å². The Hall–Kier alpha value is -2.41. The molecule has 0 bridgehead atoms. The van der Waals surface area contributed by atoms with Crippen LogP contribution >= 0.6 is 0 Å². The van der Waals surface area contributed by atoms with Crippen molar-refractivity contribution in [2.24, 2.45) is 17.3 Å². The number of carbonyl (C=O) groups is 3. The van der Waals surface area contributed by atoms with Gasteiger partial charge in [0.25, 0.3) is 0 Å². The minimum absolute atomic E-state index is 0.0759. The molecule has 3 rings (SSSR count). The van der Waals surface area contributed by atoms with Crippen molar-refractivity contribution in [2.75, 3.05) is 6.61 Å². The van der Waals surface area contributed by atoms with Crippen molar-refractivity contribution in [3.8, 4) is 0 Å². The normalized spacial score (nSPS) is 36.5. The number of fused-ring (bicyclic) bond motifs is 2. The third kappa shape index (κ3) is 3.52. The van der Waals surface area contributed by atoms with Gasteiger partial charge in [-0.25, -0.2) is 9.59 Å². The summed E-state index contributed by atoms with van der Waals surface area (Å²) in [6, 6.07) is 0. The summed E-state index contributed by atoms with van der Waals surface area (Å²) >= 11 is 0. The lowest BCUT2D eigenvalue weighted by atomic mass is 9.54. The molecule has 6 atom stereocenters. The maximum absolute atomic E-state index is 12.7. The molecular weight excluding hydrogens is 376 g/mol. The first-order valence-electron chi connectivity index (χ1n) is 9.83. The van der Waals surface area contributed by atoms with Crippen LogP contribution in [0.1, 0.15) is 40.5 Å². The van der Waals surface area contributed by atoms with Gasteiger partial charge in [0.1, 0.15) is 18.3 Å². The Bertz CT molecular complexity index is 808. The fourth-order valence-electron chi connectivity index (χ4n) is 5.01. The van der Waals surface area contributed by atoms with Crippen LogP contribution in [0.3, 0.4) is 0 Å². The molecule has 0 spiro atoms. The van der Waals surface area contributed by atoms with Crippen molar-refractivity contribution in [3.05, 3.63) is 35.5 Å². The molecule has 29 heavy (non-hydrogen) atoms. The molecule has 0 aromatic rings. The van der Waals surface area contributed by atoms with Crippen molar-refractivity contribution in [1.82, 2.24) is 0 Å². The second-order valence-corrected chi connectivity index (χ2v) is 8.33. The monoisotopic (exact) mass is 404 g/mol. The summed E-state index contributed by atoms with van der Waals surface area (Å²) < 4.78 is 17.1. The Morgan fingerprint density at radius 1 is 1.38 bits per heavy atom. The minimum Gasteiger partial charge on any atom is -0.461 e. The molecule has 3 aliphatic rings. The van der Waals surface area contributed by atoms with E-state index in [4.69, 9.17) is 19.3 Å². The SMILES string of the molecule is C=C1C(=O)O[C@@H]2[C@@H]1C[C@H]1C(C)=CC[C@@H](OC(C)=O)[C@]1(C)[C@H]2OC(=O)/C(C)=C/CO. The van der Waals surface area contributed by atoms with E-state index in [-0.39, 0.29) is 24.0 Å². The summed E-state index contributed by atoms with van der Waals surface area (Å²) in [5, 5.41) is 9.10. The zero-order valence-electron chi connectivity index (χ0n) is 17.3. The molecule has 1 saturated carbocycles. The van der Waals surface area contributed by atoms with E-state index in [0.717, 1.165) is 5.57 Å². The summed E-state index contributed by atoms with van der Waals surface area (Å²) in [7, 11) is 0. The minimum atomic E-state index is -0.822. The first-order valence-corrected chi connectivity index (χ1v) is 9.83. The summed E-state index contributed by atoms with van der Waals surface area (Å²) in [6.07, 6.45) is 2.45. The Morgan fingerprint density at radius 3 is 2.69 bits per heavy atom. The predicted molar refractivity (Wildman–Crippen MR) is 103 cm³/mol. The number of aliphatic hydroxyl groups is 1. The number of ether oxygens (including phenoxy) is 3. The topological polar surface area (TPSA) is 99.1 Å². The highest BCUT2D eigenvalue weighted by Crippen LogP contribution is 2.57. The van der Waals surface area contributed by atoms with Gasteiger partial charge in [-0.3, -0.25) is 4.79 Å². The Labute approximate surface area is 170 Å². The third-order valence-corrected chi connectivity index (χ3v) is 6.66. The van der Waals surface area contributed by atoms with Crippen LogP contribution in [0.2, 0.25) is 0 Å². The van der Waals surface area contributed by atoms with Gasteiger partial charge in [0.15, 0.2) is 0 Å². The van der Waals surface area contributed by atoms with Crippen LogP contribution < -0.4 is 0 Å². The predicted octanol–water partition coefficient (Wildman–Crippen LogP) is 2.24. The Morgan fingerprint density at radius 2 is 2.07 bits per heavy atom. The average molecular weight is 404 g/mol. The zero-order valence-corrected chi connectivity index (χ0v) is 17.3. The van der Waals surface area contributed by atoms with Gasteiger partial charge in [0.05, 0.1) is 12.0 Å². The number of hydrogen-bond donors (Lipinski definition) is 1. The van der Waals surface area contributed by atoms with Gasteiger partial charge in [0.2, 0.25) is 0 Å². The van der Waals surface area contributed by atoms with Crippen molar-refractivity contribution in [2.45, 2.75) is 58.8 Å². The first kappa shape index (κ1) is 21.3. The fraction of sp³-hybridized carbons (Fsp3) is 0.591. The van der Waals surface area contributed by atoms with Crippen LogP contribution in [0, 0.1) is 17.3 Å². The fourth-order valence-corrected chi connectivity index (χ4v) is 5.01. The van der Waals surface area contributed by atoms with E-state index in [1.165, 1.54) is 13.0 Å². The summed E-state index contributed by atoms with van der Waals surface area (Å²) in [5.41, 5.74) is 0.962. The molecule has 0 radical (unpaired) electrons. The maximum Gasteiger partial charge on any atom is 0.334 e. The van der Waals surface area contributed by atoms with Crippen molar-refractivity contribution >= 4 is 17.9 Å². The summed E-state index contributed by atoms with van der Waals surface area (Å²) in [4.78, 5) is 36.7. The third-order valence-electron chi connectivity index (χ3n) is 6.66. The second kappa shape index (κ2) is 7.78. The first-order chi connectivity index (χ1) is 13.6. The largest absolute Gasteiger partial charge is 0.461 e. The molecule has 158 valence electrons. The van der Waals surface area contributed by atoms with E-state index in [0.29, 0.717) is 18.4 Å². The molecule has 0 aromatic heterocycles. The van der Waals surface area contributed by atoms with E-state index in [1.54, 1.807) is 6.92 Å². The molecule has 7 heteroatoms. The molecule has 1 aliphatic heterocycles. The van der Waals surface area contributed by atoms with Gasteiger partial charge in [0, 0.05) is 30.4 Å². The number of hydrogen-bond acceptors (Lipinski definition) is 7. The molecule has 1 N–H and O–H groups in total. The van der Waals surface area contributed by atoms with Crippen LogP contribution in [0.5, 0.6) is 0 Å². The van der Waals surface area contributed by atoms with Gasteiger partial charge in [-0.2, -0.15) is 0 Å². The number of rotatable bonds is 4. The number of allylic oxidation sites excluding steroid dienone is 1. The molecule has 2 aliphatic carbocycles. The molecule has 0 aromatic carbocycles. The molecule has 0 amide bonds. The molecule has 7 nitrogen and oxygen atoms in total. The lowest BCUT2D eigenvalue weighted by molar-refractivity contribution is -0.208. The lowest BCUT2D eigenvalue weighted by Gasteiger charge is -2.55. The van der Waals surface area contributed by atoms with Crippen LogP contribution in [-0.4, -0.2) is 47.9 Å². The standard InChI is InChI=1S/C22H28O7/c1-11-6-7-17(27-14(4)24)22(5)16(11)10-15-13(3)21(26)28-18(15)19(22)29-20(25)12(2)8-9-23/h6,8,15-19,23H,3,7,9-10H2,1-2,4-5H3/b12-8+/t15-,16+,17-,18-,19+,22-/m1/s1. The maximum atomic E-state index is 12.7. The van der Waals surface area contributed by atoms with Gasteiger partial charge in [-0.15, -0.1) is 0 Å². The highest BCUT2D eigenvalue weighted by atomic mass is 16.6. The molecule has 2 fully saturated rings. The summed E-state index contributed by atoms with van der Waals surface area (Å²) in [5.74, 6) is -1.86. The highest BCUT2D eigenvalue weighted by molar-refractivity contribution is 5.91. The van der Waals surface area contributed by atoms with Crippen molar-refractivity contribution in [3.63, 3.8) is 0 Å². The summed E-state index contributed by atoms with van der Waals surface area (Å²) in [6.45, 7) is 10.4. The van der Waals surface area contributed by atoms with E-state index < -0.39 is 41.6 Å². The van der Waals surface area contributed by atoms with Crippen LogP contribution in [0.15, 0.2) is 35.5 Å². The zero-order chi connectivity index (χ0) is 21.5.